The Kier molecular flexibility index (Phi) is 9.41. The van der Waals surface area contributed by atoms with Crippen LogP contribution >= 0.6 is 23.4 Å². The Morgan fingerprint density at radius 1 is 1.11 bits per heavy atom. The highest BCUT2D eigenvalue weighted by molar-refractivity contribution is 8.03. The lowest BCUT2D eigenvalue weighted by molar-refractivity contribution is -0.140. The third kappa shape index (κ3) is 6.47. The van der Waals surface area contributed by atoms with Gasteiger partial charge in [-0.2, -0.15) is 5.26 Å². The summed E-state index contributed by atoms with van der Waals surface area (Å²) in [6, 6.07) is 18.8. The van der Waals surface area contributed by atoms with Crippen molar-refractivity contribution < 1.29 is 14.3 Å². The number of nitrogens with one attached hydrogen (secondary N) is 1. The smallest absolute Gasteiger partial charge is 0.337 e. The molecule has 8 heteroatoms. The summed E-state index contributed by atoms with van der Waals surface area (Å²) >= 11 is 7.37. The maximum Gasteiger partial charge on any atom is 0.337 e. The molecule has 1 aliphatic heterocycles. The number of hydrogen-bond acceptors (Lipinski definition) is 6. The minimum Gasteiger partial charge on any atom is -0.457 e. The summed E-state index contributed by atoms with van der Waals surface area (Å²) in [5, 5.41) is 14.5. The van der Waals surface area contributed by atoms with E-state index in [0.29, 0.717) is 40.0 Å². The average molecular weight is 510 g/mol. The Labute approximate surface area is 215 Å². The SMILES string of the molecule is CCN(CC)C(=O)CSC1=C(C#N)[C@@H](c2ccc(Cl)cc2)C(C(=O)OCc2ccccc2)=C(C)N1. The quantitative estimate of drug-likeness (QED) is 0.457. The Hall–Kier alpha value is -3.21. The number of carbonyl (C=O) groups is 2. The van der Waals surface area contributed by atoms with E-state index in [1.165, 1.54) is 11.8 Å². The molecule has 0 aliphatic carbocycles. The number of rotatable bonds is 9. The lowest BCUT2D eigenvalue weighted by atomic mass is 9.82. The van der Waals surface area contributed by atoms with Crippen LogP contribution in [0.15, 0.2) is 76.5 Å². The van der Waals surface area contributed by atoms with Crippen molar-refractivity contribution in [1.82, 2.24) is 10.2 Å². The largest absolute Gasteiger partial charge is 0.457 e. The first kappa shape index (κ1) is 26.4. The Bertz CT molecular complexity index is 1170. The second-order valence-electron chi connectivity index (χ2n) is 7.92. The highest BCUT2D eigenvalue weighted by Crippen LogP contribution is 2.41. The van der Waals surface area contributed by atoms with E-state index in [4.69, 9.17) is 16.3 Å². The summed E-state index contributed by atoms with van der Waals surface area (Å²) in [4.78, 5) is 27.6. The monoisotopic (exact) mass is 509 g/mol. The molecule has 0 spiro atoms. The summed E-state index contributed by atoms with van der Waals surface area (Å²) in [7, 11) is 0. The zero-order chi connectivity index (χ0) is 25.4. The van der Waals surface area contributed by atoms with Crippen LogP contribution < -0.4 is 5.32 Å². The number of nitriles is 1. The zero-order valence-electron chi connectivity index (χ0n) is 20.0. The molecular formula is C27H28ClN3O3S. The van der Waals surface area contributed by atoms with Crippen molar-refractivity contribution in [3.05, 3.63) is 92.6 Å². The number of amides is 1. The predicted octanol–water partition coefficient (Wildman–Crippen LogP) is 5.38. The normalized spacial score (nSPS) is 15.3. The average Bonchev–Trinajstić information content (AvgIpc) is 2.87. The summed E-state index contributed by atoms with van der Waals surface area (Å²) in [5.41, 5.74) is 2.92. The van der Waals surface area contributed by atoms with Gasteiger partial charge in [0.2, 0.25) is 5.91 Å². The molecule has 0 aromatic heterocycles. The fourth-order valence-electron chi connectivity index (χ4n) is 3.89. The van der Waals surface area contributed by atoms with Gasteiger partial charge in [0.1, 0.15) is 6.61 Å². The Balaban J connectivity index is 1.94. The van der Waals surface area contributed by atoms with Crippen molar-refractivity contribution in [3.63, 3.8) is 0 Å². The summed E-state index contributed by atoms with van der Waals surface area (Å²) in [6.45, 7) is 7.01. The molecule has 0 unspecified atom stereocenters. The molecule has 1 amide bonds. The molecule has 0 bridgehead atoms. The molecule has 0 radical (unpaired) electrons. The number of benzene rings is 2. The highest BCUT2D eigenvalue weighted by Gasteiger charge is 2.35. The molecule has 35 heavy (non-hydrogen) atoms. The molecule has 1 heterocycles. The van der Waals surface area contributed by atoms with Gasteiger partial charge in [-0.1, -0.05) is 65.8 Å². The minimum atomic E-state index is -0.646. The molecule has 1 N–H and O–H groups in total. The van der Waals surface area contributed by atoms with Crippen LogP contribution in [0, 0.1) is 11.3 Å². The van der Waals surface area contributed by atoms with Crippen LogP contribution in [0.25, 0.3) is 0 Å². The standard InChI is InChI=1S/C27H28ClN3O3S/c1-4-31(5-2)23(32)17-35-26-22(15-29)25(20-11-13-21(28)14-12-20)24(18(3)30-26)27(33)34-16-19-9-7-6-8-10-19/h6-14,25,30H,4-5,16-17H2,1-3H3/t25-/m1/s1. The van der Waals surface area contributed by atoms with Gasteiger partial charge in [-0.3, -0.25) is 4.79 Å². The molecule has 1 atom stereocenters. The summed E-state index contributed by atoms with van der Waals surface area (Å²) in [5.74, 6) is -0.976. The van der Waals surface area contributed by atoms with E-state index in [0.717, 1.165) is 11.1 Å². The Morgan fingerprint density at radius 3 is 2.37 bits per heavy atom. The van der Waals surface area contributed by atoms with E-state index >= 15 is 0 Å². The maximum absolute atomic E-state index is 13.3. The molecule has 2 aromatic carbocycles. The number of nitrogens with zero attached hydrogens (tertiary/aromatic N) is 2. The Morgan fingerprint density at radius 2 is 1.77 bits per heavy atom. The molecule has 3 rings (SSSR count). The molecule has 0 saturated heterocycles. The molecule has 6 nitrogen and oxygen atoms in total. The number of ether oxygens (including phenoxy) is 1. The number of allylic oxidation sites excluding steroid dienone is 2. The topological polar surface area (TPSA) is 82.4 Å². The number of dihydropyridines is 1. The molecule has 2 aromatic rings. The van der Waals surface area contributed by atoms with Gasteiger partial charge in [0.05, 0.1) is 33.9 Å². The fourth-order valence-corrected chi connectivity index (χ4v) is 5.01. The van der Waals surface area contributed by atoms with Gasteiger partial charge in [-0.25, -0.2) is 4.79 Å². The van der Waals surface area contributed by atoms with Crippen LogP contribution in [-0.4, -0.2) is 35.6 Å². The van der Waals surface area contributed by atoms with Crippen LogP contribution in [0.2, 0.25) is 5.02 Å². The van der Waals surface area contributed by atoms with E-state index < -0.39 is 11.9 Å². The number of halogens is 1. The van der Waals surface area contributed by atoms with Crippen LogP contribution in [0.3, 0.4) is 0 Å². The van der Waals surface area contributed by atoms with Crippen LogP contribution in [0.5, 0.6) is 0 Å². The molecule has 0 saturated carbocycles. The van der Waals surface area contributed by atoms with Gasteiger partial charge in [0.15, 0.2) is 0 Å². The summed E-state index contributed by atoms with van der Waals surface area (Å²) in [6.07, 6.45) is 0. The van der Waals surface area contributed by atoms with Gasteiger partial charge in [0, 0.05) is 23.8 Å². The molecule has 1 aliphatic rings. The summed E-state index contributed by atoms with van der Waals surface area (Å²) < 4.78 is 5.64. The van der Waals surface area contributed by atoms with E-state index in [2.05, 4.69) is 11.4 Å². The lowest BCUT2D eigenvalue weighted by Gasteiger charge is -2.29. The highest BCUT2D eigenvalue weighted by atomic mass is 35.5. The first-order chi connectivity index (χ1) is 16.9. The first-order valence-electron chi connectivity index (χ1n) is 11.4. The van der Waals surface area contributed by atoms with Crippen LogP contribution in [0.1, 0.15) is 37.8 Å². The number of carbonyl (C=O) groups excluding carboxylic acids is 2. The van der Waals surface area contributed by atoms with Crippen LogP contribution in [-0.2, 0) is 20.9 Å². The van der Waals surface area contributed by atoms with Gasteiger partial charge in [-0.15, -0.1) is 0 Å². The van der Waals surface area contributed by atoms with Gasteiger partial charge in [-0.05, 0) is 44.0 Å². The third-order valence-electron chi connectivity index (χ3n) is 5.74. The van der Waals surface area contributed by atoms with E-state index in [9.17, 15) is 14.9 Å². The van der Waals surface area contributed by atoms with Gasteiger partial charge >= 0.3 is 5.97 Å². The zero-order valence-corrected chi connectivity index (χ0v) is 21.6. The van der Waals surface area contributed by atoms with Crippen molar-refractivity contribution in [2.24, 2.45) is 0 Å². The second kappa shape index (κ2) is 12.5. The van der Waals surface area contributed by atoms with Crippen molar-refractivity contribution >= 4 is 35.2 Å². The number of esters is 1. The molecule has 182 valence electrons. The van der Waals surface area contributed by atoms with E-state index in [1.54, 1.807) is 36.1 Å². The van der Waals surface area contributed by atoms with E-state index in [1.807, 2.05) is 44.2 Å². The predicted molar refractivity (Wildman–Crippen MR) is 139 cm³/mol. The van der Waals surface area contributed by atoms with Crippen molar-refractivity contribution in [3.8, 4) is 6.07 Å². The van der Waals surface area contributed by atoms with Gasteiger partial charge in [0.25, 0.3) is 0 Å². The number of thioether (sulfide) groups is 1. The third-order valence-corrected chi connectivity index (χ3v) is 6.99. The molecule has 0 fully saturated rings. The minimum absolute atomic E-state index is 0.00988. The lowest BCUT2D eigenvalue weighted by Crippen LogP contribution is -2.33. The van der Waals surface area contributed by atoms with Crippen molar-refractivity contribution in [2.45, 2.75) is 33.3 Å². The van der Waals surface area contributed by atoms with Gasteiger partial charge < -0.3 is 15.0 Å². The van der Waals surface area contributed by atoms with Crippen LogP contribution in [0.4, 0.5) is 0 Å². The van der Waals surface area contributed by atoms with Crippen molar-refractivity contribution in [1.29, 1.82) is 5.26 Å². The second-order valence-corrected chi connectivity index (χ2v) is 9.34. The molecular weight excluding hydrogens is 482 g/mol. The fraction of sp³-hybridized carbons (Fsp3) is 0.296. The van der Waals surface area contributed by atoms with E-state index in [-0.39, 0.29) is 18.3 Å². The maximum atomic E-state index is 13.3. The number of hydrogen-bond donors (Lipinski definition) is 1. The van der Waals surface area contributed by atoms with Crippen molar-refractivity contribution in [2.75, 3.05) is 18.8 Å². The first-order valence-corrected chi connectivity index (χ1v) is 12.7.